The molecule has 0 saturated heterocycles. The average Bonchev–Trinajstić information content (AvgIpc) is 2.92. The molecule has 1 aromatic carbocycles. The Morgan fingerprint density at radius 3 is 2.86 bits per heavy atom. The number of carbonyl (C=O) groups is 1. The van der Waals surface area contributed by atoms with Gasteiger partial charge in [0, 0.05) is 12.0 Å². The number of hydrogen-bond donors (Lipinski definition) is 1. The van der Waals surface area contributed by atoms with E-state index in [1.807, 2.05) is 0 Å². The monoisotopic (exact) mass is 339 g/mol. The Morgan fingerprint density at radius 2 is 2.14 bits per heavy atom. The molecule has 3 rings (SSSR count). The Morgan fingerprint density at radius 1 is 1.32 bits per heavy atom. The molecule has 0 radical (unpaired) electrons. The summed E-state index contributed by atoms with van der Waals surface area (Å²) in [5.74, 6) is 0.198. The van der Waals surface area contributed by atoms with Gasteiger partial charge in [-0.05, 0) is 30.5 Å². The number of rotatable bonds is 3. The van der Waals surface area contributed by atoms with Crippen LogP contribution in [0.4, 0.5) is 10.5 Å². The molecule has 6 nitrogen and oxygen atoms in total. The molecule has 0 aliphatic carbocycles. The predicted octanol–water partition coefficient (Wildman–Crippen LogP) is 3.01. The number of thiophene rings is 1. The second kappa shape index (κ2) is 5.62. The lowest BCUT2D eigenvalue weighted by Crippen LogP contribution is -2.17. The lowest BCUT2D eigenvalue weighted by Gasteiger charge is -2.13. The third-order valence-electron chi connectivity index (χ3n) is 3.11. The van der Waals surface area contributed by atoms with E-state index in [9.17, 15) is 13.2 Å². The Hall–Kier alpha value is -2.06. The molecule has 0 fully saturated rings. The summed E-state index contributed by atoms with van der Waals surface area (Å²) < 4.78 is 35.0. The lowest BCUT2D eigenvalue weighted by atomic mass is 10.1. The fraction of sp³-hybridized carbons (Fsp3) is 0.214. The summed E-state index contributed by atoms with van der Waals surface area (Å²) in [4.78, 5) is 11.5. The van der Waals surface area contributed by atoms with Crippen LogP contribution in [0, 0.1) is 0 Å². The highest BCUT2D eigenvalue weighted by molar-refractivity contribution is 7.89. The smallest absolute Gasteiger partial charge is 0.411 e. The van der Waals surface area contributed by atoms with Crippen molar-refractivity contribution in [2.24, 2.45) is 0 Å². The minimum Gasteiger partial charge on any atom is -0.446 e. The van der Waals surface area contributed by atoms with Crippen molar-refractivity contribution in [2.45, 2.75) is 23.7 Å². The zero-order chi connectivity index (χ0) is 15.7. The van der Waals surface area contributed by atoms with E-state index in [1.54, 1.807) is 36.6 Å². The molecule has 22 heavy (non-hydrogen) atoms. The quantitative estimate of drug-likeness (QED) is 0.869. The fourth-order valence-corrected chi connectivity index (χ4v) is 4.10. The highest BCUT2D eigenvalue weighted by atomic mass is 32.3. The van der Waals surface area contributed by atoms with Crippen molar-refractivity contribution in [2.75, 3.05) is 5.32 Å². The molecule has 2 heterocycles. The summed E-state index contributed by atoms with van der Waals surface area (Å²) in [6.45, 7) is 1.74. The number of anilines is 1. The highest BCUT2D eigenvalue weighted by Gasteiger charge is 2.25. The van der Waals surface area contributed by atoms with Gasteiger partial charge in [0.1, 0.15) is 11.9 Å². The Labute approximate surface area is 131 Å². The molecule has 0 spiro atoms. The highest BCUT2D eigenvalue weighted by Crippen LogP contribution is 2.33. The van der Waals surface area contributed by atoms with Crippen molar-refractivity contribution in [3.05, 3.63) is 41.3 Å². The first-order valence-electron chi connectivity index (χ1n) is 6.53. The molecule has 1 atom stereocenters. The van der Waals surface area contributed by atoms with Crippen LogP contribution < -0.4 is 9.50 Å². The van der Waals surface area contributed by atoms with Gasteiger partial charge in [-0.3, -0.25) is 5.32 Å². The standard InChI is InChI=1S/C14H13NO5S2/c1-9-8-10-11(15-14(16)19-9)4-2-5-12(10)20-22(17,18)13-6-3-7-21-13/h2-7,9H,8H2,1H3,(H,15,16). The van der Waals surface area contributed by atoms with E-state index in [0.29, 0.717) is 17.7 Å². The number of hydrogen-bond acceptors (Lipinski definition) is 6. The van der Waals surface area contributed by atoms with Crippen molar-refractivity contribution in [3.63, 3.8) is 0 Å². The van der Waals surface area contributed by atoms with Gasteiger partial charge in [0.25, 0.3) is 0 Å². The number of benzene rings is 1. The van der Waals surface area contributed by atoms with Gasteiger partial charge < -0.3 is 8.92 Å². The molecule has 2 aromatic rings. The summed E-state index contributed by atoms with van der Waals surface area (Å²) in [7, 11) is -3.88. The van der Waals surface area contributed by atoms with Gasteiger partial charge in [-0.2, -0.15) is 8.42 Å². The number of amides is 1. The molecule has 1 N–H and O–H groups in total. The van der Waals surface area contributed by atoms with E-state index in [4.69, 9.17) is 8.92 Å². The number of carbonyl (C=O) groups excluding carboxylic acids is 1. The number of fused-ring (bicyclic) bond motifs is 1. The Bertz CT molecular complexity index is 799. The largest absolute Gasteiger partial charge is 0.446 e. The van der Waals surface area contributed by atoms with Crippen molar-refractivity contribution < 1.29 is 22.1 Å². The van der Waals surface area contributed by atoms with Crippen LogP contribution in [0.15, 0.2) is 39.9 Å². The van der Waals surface area contributed by atoms with Gasteiger partial charge in [0.2, 0.25) is 0 Å². The lowest BCUT2D eigenvalue weighted by molar-refractivity contribution is 0.123. The first-order valence-corrected chi connectivity index (χ1v) is 8.82. The predicted molar refractivity (Wildman–Crippen MR) is 81.8 cm³/mol. The van der Waals surface area contributed by atoms with E-state index in [1.165, 1.54) is 6.07 Å². The summed E-state index contributed by atoms with van der Waals surface area (Å²) in [6, 6.07) is 7.99. The minimum absolute atomic E-state index is 0.132. The molecular weight excluding hydrogens is 326 g/mol. The molecule has 1 amide bonds. The van der Waals surface area contributed by atoms with Crippen LogP contribution in [0.3, 0.4) is 0 Å². The SMILES string of the molecule is CC1Cc2c(cccc2OS(=O)(=O)c2cccs2)NC(=O)O1. The van der Waals surface area contributed by atoms with Gasteiger partial charge in [-0.15, -0.1) is 11.3 Å². The molecule has 0 bridgehead atoms. The Kier molecular flexibility index (Phi) is 3.79. The topological polar surface area (TPSA) is 81.7 Å². The van der Waals surface area contributed by atoms with Crippen molar-refractivity contribution in [1.29, 1.82) is 0 Å². The maximum atomic E-state index is 12.2. The Balaban J connectivity index is 1.99. The maximum Gasteiger partial charge on any atom is 0.411 e. The zero-order valence-corrected chi connectivity index (χ0v) is 13.2. The van der Waals surface area contributed by atoms with Crippen LogP contribution in [-0.4, -0.2) is 20.6 Å². The van der Waals surface area contributed by atoms with E-state index in [0.717, 1.165) is 11.3 Å². The van der Waals surface area contributed by atoms with Gasteiger partial charge in [0.15, 0.2) is 4.21 Å². The fourth-order valence-electron chi connectivity index (χ4n) is 2.19. The maximum absolute atomic E-state index is 12.2. The van der Waals surface area contributed by atoms with Crippen LogP contribution in [0.25, 0.3) is 0 Å². The third-order valence-corrected chi connectivity index (χ3v) is 5.70. The van der Waals surface area contributed by atoms with Crippen LogP contribution in [-0.2, 0) is 21.3 Å². The van der Waals surface area contributed by atoms with Crippen LogP contribution in [0.1, 0.15) is 12.5 Å². The van der Waals surface area contributed by atoms with Crippen LogP contribution >= 0.6 is 11.3 Å². The molecule has 1 aliphatic rings. The molecule has 0 saturated carbocycles. The minimum atomic E-state index is -3.88. The molecule has 1 unspecified atom stereocenters. The first-order chi connectivity index (χ1) is 10.5. The molecule has 8 heteroatoms. The van der Waals surface area contributed by atoms with Crippen LogP contribution in [0.5, 0.6) is 5.75 Å². The number of cyclic esters (lactones) is 1. The van der Waals surface area contributed by atoms with Gasteiger partial charge >= 0.3 is 16.2 Å². The molecule has 1 aromatic heterocycles. The average molecular weight is 339 g/mol. The summed E-state index contributed by atoms with van der Waals surface area (Å²) in [5.41, 5.74) is 1.09. The van der Waals surface area contributed by atoms with Crippen molar-refractivity contribution in [1.82, 2.24) is 0 Å². The van der Waals surface area contributed by atoms with Gasteiger partial charge in [0.05, 0.1) is 5.69 Å². The van der Waals surface area contributed by atoms with Crippen LogP contribution in [0.2, 0.25) is 0 Å². The van der Waals surface area contributed by atoms with Gasteiger partial charge in [-0.25, -0.2) is 4.79 Å². The van der Waals surface area contributed by atoms with E-state index in [2.05, 4.69) is 5.32 Å². The van der Waals surface area contributed by atoms with E-state index in [-0.39, 0.29) is 16.1 Å². The van der Waals surface area contributed by atoms with E-state index < -0.39 is 16.2 Å². The second-order valence-corrected chi connectivity index (χ2v) is 7.52. The number of nitrogens with one attached hydrogen (secondary N) is 1. The molecular formula is C14H13NO5S2. The summed E-state index contributed by atoms with van der Waals surface area (Å²) in [6.07, 6.45) is -0.579. The molecule has 1 aliphatic heterocycles. The zero-order valence-electron chi connectivity index (χ0n) is 11.6. The van der Waals surface area contributed by atoms with Crippen molar-refractivity contribution in [3.8, 4) is 5.75 Å². The molecule has 116 valence electrons. The van der Waals surface area contributed by atoms with Crippen molar-refractivity contribution >= 4 is 33.2 Å². The first kappa shape index (κ1) is 14.9. The normalized spacial score (nSPS) is 17.9. The second-order valence-electron chi connectivity index (χ2n) is 4.80. The summed E-state index contributed by atoms with van der Waals surface area (Å²) >= 11 is 1.08. The third kappa shape index (κ3) is 2.93. The van der Waals surface area contributed by atoms with Gasteiger partial charge in [-0.1, -0.05) is 12.1 Å². The number of ether oxygens (including phenoxy) is 1. The summed E-state index contributed by atoms with van der Waals surface area (Å²) in [5, 5.41) is 4.24. The van der Waals surface area contributed by atoms with E-state index >= 15 is 0 Å².